The monoisotopic (exact) mass is 212 g/mol. The molecular formula is C9H9FN2O3. The maximum absolute atomic E-state index is 13.2. The third kappa shape index (κ3) is 2.22. The van der Waals surface area contributed by atoms with Crippen molar-refractivity contribution in [3.8, 4) is 11.5 Å². The van der Waals surface area contributed by atoms with Crippen LogP contribution in [0.15, 0.2) is 17.2 Å². The summed E-state index contributed by atoms with van der Waals surface area (Å²) in [4.78, 5) is 11.2. The maximum Gasteiger partial charge on any atom is 0.274 e. The molecule has 0 aliphatic carbocycles. The highest BCUT2D eigenvalue weighted by atomic mass is 19.1. The van der Waals surface area contributed by atoms with Crippen molar-refractivity contribution in [2.45, 2.75) is 6.92 Å². The Labute approximate surface area is 84.9 Å². The molecule has 0 aromatic heterocycles. The van der Waals surface area contributed by atoms with Crippen molar-refractivity contribution in [1.29, 1.82) is 0 Å². The van der Waals surface area contributed by atoms with E-state index < -0.39 is 28.8 Å². The molecule has 0 heterocycles. The number of benzene rings is 1. The van der Waals surface area contributed by atoms with Gasteiger partial charge in [-0.15, -0.1) is 0 Å². The molecule has 0 radical (unpaired) electrons. The van der Waals surface area contributed by atoms with Crippen LogP contribution in [0.4, 0.5) is 4.39 Å². The average Bonchev–Trinajstić information content (AvgIpc) is 2.23. The van der Waals surface area contributed by atoms with Gasteiger partial charge < -0.3 is 10.2 Å². The molecule has 0 aliphatic rings. The fourth-order valence-electron chi connectivity index (χ4n) is 0.913. The number of carbonyl (C=O) groups excluding carboxylic acids is 1. The number of rotatable bonds is 2. The normalized spacial score (nSPS) is 10.5. The van der Waals surface area contributed by atoms with Crippen molar-refractivity contribution in [2.24, 2.45) is 5.10 Å². The Bertz CT molecular complexity index is 418. The lowest BCUT2D eigenvalue weighted by Gasteiger charge is -2.04. The zero-order valence-corrected chi connectivity index (χ0v) is 7.86. The van der Waals surface area contributed by atoms with E-state index in [1.54, 1.807) is 6.92 Å². The second-order valence-corrected chi connectivity index (χ2v) is 2.62. The van der Waals surface area contributed by atoms with Gasteiger partial charge in [-0.2, -0.15) is 5.10 Å². The maximum atomic E-state index is 13.2. The number of phenols is 2. The highest BCUT2D eigenvalue weighted by Crippen LogP contribution is 2.29. The molecule has 6 heteroatoms. The number of phenolic OH excluding ortho intramolecular Hbond substituents is 2. The molecule has 0 unspecified atom stereocenters. The first-order chi connectivity index (χ1) is 7.07. The molecule has 15 heavy (non-hydrogen) atoms. The molecule has 80 valence electrons. The Balaban J connectivity index is 3.05. The summed E-state index contributed by atoms with van der Waals surface area (Å²) in [6.07, 6.45) is 1.32. The summed E-state index contributed by atoms with van der Waals surface area (Å²) < 4.78 is 13.2. The van der Waals surface area contributed by atoms with Gasteiger partial charge in [0, 0.05) is 6.21 Å². The van der Waals surface area contributed by atoms with Gasteiger partial charge in [0.05, 0.1) is 5.56 Å². The molecule has 1 amide bonds. The molecule has 0 fully saturated rings. The van der Waals surface area contributed by atoms with E-state index in [0.29, 0.717) is 0 Å². The first-order valence-electron chi connectivity index (χ1n) is 4.06. The number of hydrogen-bond acceptors (Lipinski definition) is 4. The van der Waals surface area contributed by atoms with Gasteiger partial charge in [-0.3, -0.25) is 4.79 Å². The highest BCUT2D eigenvalue weighted by Gasteiger charge is 2.17. The summed E-state index contributed by atoms with van der Waals surface area (Å²) in [6, 6.07) is 2.06. The van der Waals surface area contributed by atoms with Crippen LogP contribution in [0.5, 0.6) is 11.5 Å². The lowest BCUT2D eigenvalue weighted by Crippen LogP contribution is -2.18. The SMILES string of the molecule is C/C=N/NC(=O)c1ccc(O)c(O)c1F. The van der Waals surface area contributed by atoms with Gasteiger partial charge in [0.15, 0.2) is 17.3 Å². The first kappa shape index (κ1) is 11.0. The van der Waals surface area contributed by atoms with Crippen molar-refractivity contribution >= 4 is 12.1 Å². The van der Waals surface area contributed by atoms with Gasteiger partial charge in [0.2, 0.25) is 0 Å². The second kappa shape index (κ2) is 4.41. The topological polar surface area (TPSA) is 81.9 Å². The molecule has 1 aromatic rings. The summed E-state index contributed by atoms with van der Waals surface area (Å²) in [5, 5.41) is 21.4. The molecule has 0 bridgehead atoms. The quantitative estimate of drug-likeness (QED) is 0.388. The van der Waals surface area contributed by atoms with E-state index in [2.05, 4.69) is 5.10 Å². The fraction of sp³-hybridized carbons (Fsp3) is 0.111. The number of nitrogens with zero attached hydrogens (tertiary/aromatic N) is 1. The molecule has 0 spiro atoms. The molecule has 0 saturated carbocycles. The van der Waals surface area contributed by atoms with E-state index in [-0.39, 0.29) is 0 Å². The summed E-state index contributed by atoms with van der Waals surface area (Å²) in [7, 11) is 0. The van der Waals surface area contributed by atoms with E-state index in [4.69, 9.17) is 10.2 Å². The highest BCUT2D eigenvalue weighted by molar-refractivity contribution is 5.95. The Hall–Kier alpha value is -2.11. The lowest BCUT2D eigenvalue weighted by atomic mass is 10.2. The van der Waals surface area contributed by atoms with Crippen molar-refractivity contribution in [2.75, 3.05) is 0 Å². The summed E-state index contributed by atoms with van der Waals surface area (Å²) in [5.41, 5.74) is 1.64. The number of nitrogens with one attached hydrogen (secondary N) is 1. The number of carbonyl (C=O) groups is 1. The van der Waals surface area contributed by atoms with Crippen molar-refractivity contribution in [3.63, 3.8) is 0 Å². The van der Waals surface area contributed by atoms with Crippen molar-refractivity contribution < 1.29 is 19.4 Å². The Kier molecular flexibility index (Phi) is 3.22. The van der Waals surface area contributed by atoms with Crippen LogP contribution < -0.4 is 5.43 Å². The predicted molar refractivity (Wildman–Crippen MR) is 51.4 cm³/mol. The molecular weight excluding hydrogens is 203 g/mol. The van der Waals surface area contributed by atoms with Crippen LogP contribution in [0.2, 0.25) is 0 Å². The van der Waals surface area contributed by atoms with Crippen LogP contribution in [0, 0.1) is 5.82 Å². The van der Waals surface area contributed by atoms with E-state index >= 15 is 0 Å². The van der Waals surface area contributed by atoms with Crippen LogP contribution in [0.1, 0.15) is 17.3 Å². The largest absolute Gasteiger partial charge is 0.504 e. The van der Waals surface area contributed by atoms with Gasteiger partial charge in [0.25, 0.3) is 5.91 Å². The minimum Gasteiger partial charge on any atom is -0.504 e. The number of halogens is 1. The molecule has 3 N–H and O–H groups in total. The first-order valence-corrected chi connectivity index (χ1v) is 4.06. The van der Waals surface area contributed by atoms with E-state index in [9.17, 15) is 9.18 Å². The van der Waals surface area contributed by atoms with Crippen LogP contribution >= 0.6 is 0 Å². The number of hydrogen-bond donors (Lipinski definition) is 3. The standard InChI is InChI=1S/C9H9FN2O3/c1-2-11-12-9(15)5-3-4-6(13)8(14)7(5)10/h2-4,13-14H,1H3,(H,12,15)/b11-2+. The Morgan fingerprint density at radius 2 is 2.20 bits per heavy atom. The molecule has 1 rings (SSSR count). The summed E-state index contributed by atoms with van der Waals surface area (Å²) >= 11 is 0. The third-order valence-corrected chi connectivity index (χ3v) is 1.63. The average molecular weight is 212 g/mol. The predicted octanol–water partition coefficient (Wildman–Crippen LogP) is 0.972. The van der Waals surface area contributed by atoms with Gasteiger partial charge in [-0.25, -0.2) is 9.82 Å². The third-order valence-electron chi connectivity index (χ3n) is 1.63. The van der Waals surface area contributed by atoms with Crippen molar-refractivity contribution in [1.82, 2.24) is 5.43 Å². The zero-order chi connectivity index (χ0) is 11.4. The summed E-state index contributed by atoms with van der Waals surface area (Å²) in [6.45, 7) is 1.57. The van der Waals surface area contributed by atoms with Gasteiger partial charge in [-0.05, 0) is 19.1 Å². The van der Waals surface area contributed by atoms with Gasteiger partial charge >= 0.3 is 0 Å². The smallest absolute Gasteiger partial charge is 0.274 e. The minimum atomic E-state index is -1.18. The molecule has 5 nitrogen and oxygen atoms in total. The fourth-order valence-corrected chi connectivity index (χ4v) is 0.913. The summed E-state index contributed by atoms with van der Waals surface area (Å²) in [5.74, 6) is -3.56. The van der Waals surface area contributed by atoms with E-state index in [0.717, 1.165) is 12.1 Å². The van der Waals surface area contributed by atoms with Crippen LogP contribution in [-0.2, 0) is 0 Å². The van der Waals surface area contributed by atoms with Crippen molar-refractivity contribution in [3.05, 3.63) is 23.5 Å². The van der Waals surface area contributed by atoms with Gasteiger partial charge in [-0.1, -0.05) is 0 Å². The number of amides is 1. The Morgan fingerprint density at radius 1 is 1.53 bits per heavy atom. The van der Waals surface area contributed by atoms with Crippen LogP contribution in [0.3, 0.4) is 0 Å². The molecule has 0 aliphatic heterocycles. The second-order valence-electron chi connectivity index (χ2n) is 2.62. The Morgan fingerprint density at radius 3 is 2.80 bits per heavy atom. The molecule has 0 saturated heterocycles. The van der Waals surface area contributed by atoms with Crippen LogP contribution in [-0.4, -0.2) is 22.3 Å². The molecule has 1 aromatic carbocycles. The minimum absolute atomic E-state index is 0.393. The van der Waals surface area contributed by atoms with Crippen LogP contribution in [0.25, 0.3) is 0 Å². The number of aromatic hydroxyl groups is 2. The van der Waals surface area contributed by atoms with E-state index in [1.165, 1.54) is 6.21 Å². The zero-order valence-electron chi connectivity index (χ0n) is 7.86. The van der Waals surface area contributed by atoms with E-state index in [1.807, 2.05) is 5.43 Å². The number of hydrazone groups is 1. The van der Waals surface area contributed by atoms with Gasteiger partial charge in [0.1, 0.15) is 0 Å². The molecule has 0 atom stereocenters. The lowest BCUT2D eigenvalue weighted by molar-refractivity contribution is 0.0950.